The predicted octanol–water partition coefficient (Wildman–Crippen LogP) is 2.85. The van der Waals surface area contributed by atoms with E-state index >= 15 is 0 Å². The Morgan fingerprint density at radius 2 is 2.06 bits per heavy atom. The number of carbonyl (C=O) groups excluding carboxylic acids is 1. The molecule has 4 heteroatoms. The first-order valence-electron chi connectivity index (χ1n) is 5.85. The molecule has 90 valence electrons. The molecule has 1 aromatic heterocycles. The summed E-state index contributed by atoms with van der Waals surface area (Å²) in [5.74, 6) is 0.968. The molecular weight excluding hydrogens is 228 g/mol. The minimum Gasteiger partial charge on any atom is -0.436 e. The number of aromatic nitrogens is 1. The average molecular weight is 240 g/mol. The molecule has 1 aliphatic rings. The van der Waals surface area contributed by atoms with Crippen LogP contribution in [0.5, 0.6) is 11.6 Å². The van der Waals surface area contributed by atoms with Gasteiger partial charge in [0.1, 0.15) is 11.4 Å². The molecule has 1 aliphatic heterocycles. The van der Waals surface area contributed by atoms with Gasteiger partial charge in [0.05, 0.1) is 5.56 Å². The Morgan fingerprint density at radius 3 is 2.89 bits per heavy atom. The highest BCUT2D eigenvalue weighted by atomic mass is 16.5. The zero-order valence-electron chi connectivity index (χ0n) is 9.96. The molecule has 2 heterocycles. The zero-order chi connectivity index (χ0) is 12.5. The highest BCUT2D eigenvalue weighted by Crippen LogP contribution is 2.36. The summed E-state index contributed by atoms with van der Waals surface area (Å²) < 4.78 is 5.73. The van der Waals surface area contributed by atoms with Gasteiger partial charge in [-0.1, -0.05) is 12.1 Å². The fraction of sp³-hybridized carbons (Fsp3) is 0.143. The van der Waals surface area contributed by atoms with Crippen LogP contribution in [-0.2, 0) is 0 Å². The summed E-state index contributed by atoms with van der Waals surface area (Å²) in [6.07, 6.45) is 1.66. The van der Waals surface area contributed by atoms with Crippen molar-refractivity contribution in [1.82, 2.24) is 4.98 Å². The van der Waals surface area contributed by atoms with Crippen LogP contribution >= 0.6 is 0 Å². The van der Waals surface area contributed by atoms with Gasteiger partial charge in [-0.25, -0.2) is 4.98 Å². The molecule has 0 fully saturated rings. The molecule has 0 aliphatic carbocycles. The van der Waals surface area contributed by atoms with Crippen LogP contribution in [0.1, 0.15) is 17.3 Å². The Morgan fingerprint density at radius 1 is 1.22 bits per heavy atom. The van der Waals surface area contributed by atoms with Crippen LogP contribution in [0.25, 0.3) is 0 Å². The largest absolute Gasteiger partial charge is 0.436 e. The van der Waals surface area contributed by atoms with Gasteiger partial charge < -0.3 is 9.64 Å². The van der Waals surface area contributed by atoms with E-state index in [9.17, 15) is 4.79 Å². The lowest BCUT2D eigenvalue weighted by Crippen LogP contribution is -2.29. The van der Waals surface area contributed by atoms with Gasteiger partial charge in [0.15, 0.2) is 0 Å². The van der Waals surface area contributed by atoms with E-state index in [1.54, 1.807) is 29.3 Å². The molecule has 0 atom stereocenters. The SMILES string of the molecule is CCN1C(=O)c2ccccc2Oc2ncccc21. The molecule has 3 rings (SSSR count). The number of hydrogen-bond donors (Lipinski definition) is 0. The van der Waals surface area contributed by atoms with Crippen LogP contribution in [0, 0.1) is 0 Å². The maximum absolute atomic E-state index is 12.4. The van der Waals surface area contributed by atoms with Crippen molar-refractivity contribution < 1.29 is 9.53 Å². The van der Waals surface area contributed by atoms with E-state index in [0.717, 1.165) is 0 Å². The first kappa shape index (κ1) is 10.8. The Labute approximate surface area is 105 Å². The summed E-state index contributed by atoms with van der Waals surface area (Å²) in [6.45, 7) is 2.51. The van der Waals surface area contributed by atoms with E-state index in [4.69, 9.17) is 4.74 Å². The van der Waals surface area contributed by atoms with Gasteiger partial charge in [0.2, 0.25) is 5.88 Å². The Bertz CT molecular complexity index is 610. The summed E-state index contributed by atoms with van der Waals surface area (Å²) in [5, 5.41) is 0. The second-order valence-corrected chi connectivity index (χ2v) is 3.98. The monoisotopic (exact) mass is 240 g/mol. The van der Waals surface area contributed by atoms with Crippen molar-refractivity contribution in [2.45, 2.75) is 6.92 Å². The quantitative estimate of drug-likeness (QED) is 0.769. The van der Waals surface area contributed by atoms with Crippen LogP contribution in [-0.4, -0.2) is 17.4 Å². The molecule has 0 spiro atoms. The highest BCUT2D eigenvalue weighted by Gasteiger charge is 2.27. The number of nitrogens with zero attached hydrogens (tertiary/aromatic N) is 2. The number of amides is 1. The summed E-state index contributed by atoms with van der Waals surface area (Å²) in [6, 6.07) is 10.9. The molecule has 1 aromatic carbocycles. The smallest absolute Gasteiger partial charge is 0.262 e. The number of para-hydroxylation sites is 1. The van der Waals surface area contributed by atoms with Crippen molar-refractivity contribution >= 4 is 11.6 Å². The molecule has 0 saturated carbocycles. The topological polar surface area (TPSA) is 42.4 Å². The van der Waals surface area contributed by atoms with Gasteiger partial charge in [-0.05, 0) is 31.2 Å². The molecule has 2 aromatic rings. The molecular formula is C14H12N2O2. The maximum atomic E-state index is 12.4. The number of hydrogen-bond acceptors (Lipinski definition) is 3. The number of benzene rings is 1. The summed E-state index contributed by atoms with van der Waals surface area (Å²) >= 11 is 0. The fourth-order valence-electron chi connectivity index (χ4n) is 2.07. The number of rotatable bonds is 1. The molecule has 1 amide bonds. The van der Waals surface area contributed by atoms with Gasteiger partial charge in [0.25, 0.3) is 5.91 Å². The van der Waals surface area contributed by atoms with E-state index in [0.29, 0.717) is 29.4 Å². The lowest BCUT2D eigenvalue weighted by Gasteiger charge is -2.18. The van der Waals surface area contributed by atoms with Crippen LogP contribution in [0.2, 0.25) is 0 Å². The summed E-state index contributed by atoms with van der Waals surface area (Å²) in [4.78, 5) is 18.3. The third-order valence-electron chi connectivity index (χ3n) is 2.93. The molecule has 0 unspecified atom stereocenters. The number of carbonyl (C=O) groups is 1. The zero-order valence-corrected chi connectivity index (χ0v) is 9.96. The molecule has 0 bridgehead atoms. The molecule has 0 radical (unpaired) electrons. The number of pyridine rings is 1. The molecule has 0 N–H and O–H groups in total. The average Bonchev–Trinajstić information content (AvgIpc) is 2.53. The van der Waals surface area contributed by atoms with Gasteiger partial charge >= 0.3 is 0 Å². The van der Waals surface area contributed by atoms with Crippen molar-refractivity contribution in [2.75, 3.05) is 11.4 Å². The lowest BCUT2D eigenvalue weighted by atomic mass is 10.1. The maximum Gasteiger partial charge on any atom is 0.262 e. The third kappa shape index (κ3) is 1.54. The summed E-state index contributed by atoms with van der Waals surface area (Å²) in [5.41, 5.74) is 1.28. The van der Waals surface area contributed by atoms with Crippen molar-refractivity contribution in [1.29, 1.82) is 0 Å². The van der Waals surface area contributed by atoms with Crippen LogP contribution in [0.3, 0.4) is 0 Å². The van der Waals surface area contributed by atoms with Gasteiger partial charge in [-0.2, -0.15) is 0 Å². The van der Waals surface area contributed by atoms with E-state index in [2.05, 4.69) is 4.98 Å². The number of ether oxygens (including phenoxy) is 1. The minimum atomic E-state index is -0.0557. The molecule has 18 heavy (non-hydrogen) atoms. The van der Waals surface area contributed by atoms with Gasteiger partial charge in [0, 0.05) is 12.7 Å². The normalized spacial score (nSPS) is 13.4. The molecule has 4 nitrogen and oxygen atoms in total. The van der Waals surface area contributed by atoms with Crippen molar-refractivity contribution in [3.63, 3.8) is 0 Å². The standard InChI is InChI=1S/C14H12N2O2/c1-2-16-11-7-5-9-15-13(11)18-12-8-4-3-6-10(12)14(16)17/h3-9H,2H2,1H3. The first-order valence-corrected chi connectivity index (χ1v) is 5.85. The van der Waals surface area contributed by atoms with Crippen molar-refractivity contribution in [3.05, 3.63) is 48.2 Å². The Kier molecular flexibility index (Phi) is 2.48. The Balaban J connectivity index is 2.23. The minimum absolute atomic E-state index is 0.0557. The van der Waals surface area contributed by atoms with Crippen LogP contribution < -0.4 is 9.64 Å². The van der Waals surface area contributed by atoms with Crippen LogP contribution in [0.15, 0.2) is 42.6 Å². The third-order valence-corrected chi connectivity index (χ3v) is 2.93. The van der Waals surface area contributed by atoms with Gasteiger partial charge in [-0.3, -0.25) is 4.79 Å². The lowest BCUT2D eigenvalue weighted by molar-refractivity contribution is 0.0988. The van der Waals surface area contributed by atoms with E-state index in [1.165, 1.54) is 0 Å². The summed E-state index contributed by atoms with van der Waals surface area (Å²) in [7, 11) is 0. The van der Waals surface area contributed by atoms with Crippen molar-refractivity contribution in [3.8, 4) is 11.6 Å². The van der Waals surface area contributed by atoms with Crippen LogP contribution in [0.4, 0.5) is 5.69 Å². The second-order valence-electron chi connectivity index (χ2n) is 3.98. The Hall–Kier alpha value is -2.36. The molecule has 0 saturated heterocycles. The predicted molar refractivity (Wildman–Crippen MR) is 68.1 cm³/mol. The second kappa shape index (κ2) is 4.14. The first-order chi connectivity index (χ1) is 8.81. The number of anilines is 1. The fourth-order valence-corrected chi connectivity index (χ4v) is 2.07. The van der Waals surface area contributed by atoms with E-state index in [1.807, 2.05) is 25.1 Å². The van der Waals surface area contributed by atoms with Gasteiger partial charge in [-0.15, -0.1) is 0 Å². The van der Waals surface area contributed by atoms with E-state index < -0.39 is 0 Å². The van der Waals surface area contributed by atoms with E-state index in [-0.39, 0.29) is 5.91 Å². The number of fused-ring (bicyclic) bond motifs is 2. The van der Waals surface area contributed by atoms with Crippen molar-refractivity contribution in [2.24, 2.45) is 0 Å². The highest BCUT2D eigenvalue weighted by molar-refractivity contribution is 6.09.